The Morgan fingerprint density at radius 1 is 1.27 bits per heavy atom. The van der Waals surface area contributed by atoms with Crippen LogP contribution in [0.4, 0.5) is 4.39 Å². The second kappa shape index (κ2) is 4.38. The summed E-state index contributed by atoms with van der Waals surface area (Å²) < 4.78 is 20.1. The fraction of sp³-hybridized carbons (Fsp3) is 1.00. The van der Waals surface area contributed by atoms with Crippen LogP contribution in [0.3, 0.4) is 0 Å². The van der Waals surface area contributed by atoms with E-state index >= 15 is 0 Å². The maximum Gasteiger partial charge on any atom is 0.225 e. The summed E-state index contributed by atoms with van der Waals surface area (Å²) in [5, 5.41) is 3.11. The first-order chi connectivity index (χ1) is 7.13. The highest BCUT2D eigenvalue weighted by Crippen LogP contribution is 2.43. The molecule has 0 radical (unpaired) electrons. The molecular formula is C12H22FNO. The molecule has 1 saturated heterocycles. The van der Waals surface area contributed by atoms with Gasteiger partial charge in [0, 0.05) is 12.5 Å². The van der Waals surface area contributed by atoms with E-state index in [0.29, 0.717) is 25.0 Å². The van der Waals surface area contributed by atoms with Crippen LogP contribution < -0.4 is 5.32 Å². The molecule has 3 heteroatoms. The number of morpholine rings is 1. The van der Waals surface area contributed by atoms with Crippen molar-refractivity contribution in [3.63, 3.8) is 0 Å². The van der Waals surface area contributed by atoms with Crippen LogP contribution in [0, 0.1) is 17.8 Å². The zero-order chi connectivity index (χ0) is 10.9. The van der Waals surface area contributed by atoms with Crippen molar-refractivity contribution in [2.75, 3.05) is 19.7 Å². The van der Waals surface area contributed by atoms with E-state index in [9.17, 15) is 4.39 Å². The average molecular weight is 215 g/mol. The Labute approximate surface area is 91.6 Å². The molecule has 2 aliphatic rings. The first kappa shape index (κ1) is 11.3. The molecular weight excluding hydrogens is 193 g/mol. The smallest absolute Gasteiger partial charge is 0.225 e. The molecule has 3 unspecified atom stereocenters. The molecule has 2 fully saturated rings. The largest absolute Gasteiger partial charge is 0.343 e. The SMILES string of the molecule is CC1CCCC(C)C1C1(F)CNCCO1. The Balaban J connectivity index is 2.11. The summed E-state index contributed by atoms with van der Waals surface area (Å²) in [5.74, 6) is -0.464. The maximum absolute atomic E-state index is 14.7. The van der Waals surface area contributed by atoms with Crippen LogP contribution in [0.15, 0.2) is 0 Å². The Bertz CT molecular complexity index is 206. The number of nitrogens with one attached hydrogen (secondary N) is 1. The fourth-order valence-corrected chi connectivity index (χ4v) is 3.35. The number of alkyl halides is 1. The molecule has 0 aromatic heterocycles. The molecule has 3 atom stereocenters. The maximum atomic E-state index is 14.7. The molecule has 15 heavy (non-hydrogen) atoms. The molecule has 0 spiro atoms. The number of hydrogen-bond donors (Lipinski definition) is 1. The number of hydrogen-bond acceptors (Lipinski definition) is 2. The van der Waals surface area contributed by atoms with E-state index in [2.05, 4.69) is 19.2 Å². The summed E-state index contributed by atoms with van der Waals surface area (Å²) in [7, 11) is 0. The molecule has 1 N–H and O–H groups in total. The fourth-order valence-electron chi connectivity index (χ4n) is 3.35. The second-order valence-electron chi connectivity index (χ2n) is 5.22. The van der Waals surface area contributed by atoms with Gasteiger partial charge in [-0.15, -0.1) is 0 Å². The van der Waals surface area contributed by atoms with Gasteiger partial charge in [-0.25, -0.2) is 4.39 Å². The molecule has 0 aromatic carbocycles. The Hall–Kier alpha value is -0.150. The first-order valence-corrected chi connectivity index (χ1v) is 6.17. The van der Waals surface area contributed by atoms with E-state index in [4.69, 9.17) is 4.74 Å². The van der Waals surface area contributed by atoms with Gasteiger partial charge in [0.05, 0.1) is 13.2 Å². The lowest BCUT2D eigenvalue weighted by Crippen LogP contribution is -2.55. The minimum absolute atomic E-state index is 0.0686. The Kier molecular flexibility index (Phi) is 3.31. The van der Waals surface area contributed by atoms with Crippen molar-refractivity contribution < 1.29 is 9.13 Å². The van der Waals surface area contributed by atoms with Crippen LogP contribution in [-0.4, -0.2) is 25.6 Å². The molecule has 2 rings (SSSR count). The van der Waals surface area contributed by atoms with Gasteiger partial charge in [0.1, 0.15) is 0 Å². The highest BCUT2D eigenvalue weighted by Gasteiger charge is 2.47. The van der Waals surface area contributed by atoms with E-state index in [0.717, 1.165) is 19.4 Å². The number of rotatable bonds is 1. The topological polar surface area (TPSA) is 21.3 Å². The van der Waals surface area contributed by atoms with E-state index in [1.807, 2.05) is 0 Å². The van der Waals surface area contributed by atoms with Gasteiger partial charge in [0.15, 0.2) is 0 Å². The summed E-state index contributed by atoms with van der Waals surface area (Å²) in [6.45, 7) is 5.99. The van der Waals surface area contributed by atoms with E-state index in [1.165, 1.54) is 6.42 Å². The predicted molar refractivity (Wildman–Crippen MR) is 58.3 cm³/mol. The van der Waals surface area contributed by atoms with Crippen molar-refractivity contribution in [2.45, 2.75) is 39.0 Å². The lowest BCUT2D eigenvalue weighted by Gasteiger charge is -2.45. The molecule has 1 aliphatic carbocycles. The summed E-state index contributed by atoms with van der Waals surface area (Å²) in [6, 6.07) is 0. The average Bonchev–Trinajstić information content (AvgIpc) is 2.18. The summed E-state index contributed by atoms with van der Waals surface area (Å²) in [6.07, 6.45) is 3.52. The van der Waals surface area contributed by atoms with Gasteiger partial charge in [-0.3, -0.25) is 0 Å². The van der Waals surface area contributed by atoms with Crippen molar-refractivity contribution in [1.29, 1.82) is 0 Å². The minimum Gasteiger partial charge on any atom is -0.343 e. The van der Waals surface area contributed by atoms with Crippen molar-refractivity contribution in [1.82, 2.24) is 5.32 Å². The third-order valence-electron chi connectivity index (χ3n) is 4.03. The van der Waals surface area contributed by atoms with E-state index in [1.54, 1.807) is 0 Å². The predicted octanol–water partition coefficient (Wildman–Crippen LogP) is 2.34. The van der Waals surface area contributed by atoms with Gasteiger partial charge in [-0.05, 0) is 11.8 Å². The van der Waals surface area contributed by atoms with Crippen molar-refractivity contribution in [3.8, 4) is 0 Å². The van der Waals surface area contributed by atoms with E-state index < -0.39 is 5.85 Å². The highest BCUT2D eigenvalue weighted by atomic mass is 19.2. The van der Waals surface area contributed by atoms with Gasteiger partial charge in [-0.2, -0.15) is 0 Å². The van der Waals surface area contributed by atoms with Gasteiger partial charge >= 0.3 is 0 Å². The van der Waals surface area contributed by atoms with Crippen LogP contribution in [0.25, 0.3) is 0 Å². The summed E-state index contributed by atoms with van der Waals surface area (Å²) in [5.41, 5.74) is 0. The van der Waals surface area contributed by atoms with Crippen LogP contribution in [0.5, 0.6) is 0 Å². The molecule has 2 nitrogen and oxygen atoms in total. The lowest BCUT2D eigenvalue weighted by atomic mass is 9.69. The molecule has 0 bridgehead atoms. The van der Waals surface area contributed by atoms with Crippen LogP contribution in [0.2, 0.25) is 0 Å². The van der Waals surface area contributed by atoms with Crippen molar-refractivity contribution >= 4 is 0 Å². The molecule has 88 valence electrons. The molecule has 1 aliphatic heterocycles. The van der Waals surface area contributed by atoms with Gasteiger partial charge in [0.25, 0.3) is 0 Å². The van der Waals surface area contributed by atoms with Crippen LogP contribution in [-0.2, 0) is 4.74 Å². The summed E-state index contributed by atoms with van der Waals surface area (Å²) in [4.78, 5) is 0. The zero-order valence-electron chi connectivity index (χ0n) is 9.76. The van der Waals surface area contributed by atoms with Gasteiger partial charge in [0.2, 0.25) is 5.85 Å². The molecule has 0 amide bonds. The van der Waals surface area contributed by atoms with Crippen molar-refractivity contribution in [3.05, 3.63) is 0 Å². The Morgan fingerprint density at radius 2 is 1.93 bits per heavy atom. The molecule has 0 aromatic rings. The minimum atomic E-state index is -1.42. The molecule has 1 saturated carbocycles. The standard InChI is InChI=1S/C12H22FNO/c1-9-4-3-5-10(2)11(9)12(13)8-14-6-7-15-12/h9-11,14H,3-8H2,1-2H3. The molecule has 1 heterocycles. The normalized spacial score (nSPS) is 47.8. The second-order valence-corrected chi connectivity index (χ2v) is 5.22. The zero-order valence-corrected chi connectivity index (χ0v) is 9.76. The third-order valence-corrected chi connectivity index (χ3v) is 4.03. The highest BCUT2D eigenvalue weighted by molar-refractivity contribution is 4.91. The third kappa shape index (κ3) is 2.18. The Morgan fingerprint density at radius 3 is 2.47 bits per heavy atom. The van der Waals surface area contributed by atoms with Crippen LogP contribution >= 0.6 is 0 Å². The lowest BCUT2D eigenvalue weighted by molar-refractivity contribution is -0.220. The van der Waals surface area contributed by atoms with E-state index in [-0.39, 0.29) is 5.92 Å². The van der Waals surface area contributed by atoms with Crippen molar-refractivity contribution in [2.24, 2.45) is 17.8 Å². The quantitative estimate of drug-likeness (QED) is 0.725. The first-order valence-electron chi connectivity index (χ1n) is 6.17. The monoisotopic (exact) mass is 215 g/mol. The summed E-state index contributed by atoms with van der Waals surface area (Å²) >= 11 is 0. The van der Waals surface area contributed by atoms with Crippen LogP contribution in [0.1, 0.15) is 33.1 Å². The number of ether oxygens (including phenoxy) is 1. The number of halogens is 1. The van der Waals surface area contributed by atoms with Gasteiger partial charge in [-0.1, -0.05) is 33.1 Å². The van der Waals surface area contributed by atoms with Gasteiger partial charge < -0.3 is 10.1 Å².